The molecule has 0 atom stereocenters. The molecular formula is C14H16BrN3. The SMILES string of the molecule is CN(CC1CCC1)c1ccnc2cc(Br)cnc12. The lowest BCUT2D eigenvalue weighted by molar-refractivity contribution is 0.321. The van der Waals surface area contributed by atoms with Gasteiger partial charge in [-0.1, -0.05) is 6.42 Å². The molecule has 0 aromatic carbocycles. The molecule has 0 N–H and O–H groups in total. The Bertz CT molecular complexity index is 566. The highest BCUT2D eigenvalue weighted by Crippen LogP contribution is 2.30. The first kappa shape index (κ1) is 11.9. The predicted octanol–water partition coefficient (Wildman–Crippen LogP) is 3.63. The van der Waals surface area contributed by atoms with Crippen molar-refractivity contribution in [2.75, 3.05) is 18.5 Å². The molecule has 94 valence electrons. The number of pyridine rings is 2. The minimum atomic E-state index is 0.855. The van der Waals surface area contributed by atoms with Crippen LogP contribution in [-0.2, 0) is 0 Å². The van der Waals surface area contributed by atoms with E-state index in [1.807, 2.05) is 18.5 Å². The first-order chi connectivity index (χ1) is 8.74. The average Bonchev–Trinajstić information content (AvgIpc) is 2.32. The van der Waals surface area contributed by atoms with Gasteiger partial charge in [-0.3, -0.25) is 9.97 Å². The fourth-order valence-corrected chi connectivity index (χ4v) is 2.78. The summed E-state index contributed by atoms with van der Waals surface area (Å²) in [4.78, 5) is 11.2. The molecule has 2 aromatic heterocycles. The number of anilines is 1. The largest absolute Gasteiger partial charge is 0.372 e. The lowest BCUT2D eigenvalue weighted by Crippen LogP contribution is -2.29. The molecule has 0 saturated heterocycles. The lowest BCUT2D eigenvalue weighted by atomic mass is 9.85. The van der Waals surface area contributed by atoms with Crippen LogP contribution in [-0.4, -0.2) is 23.6 Å². The summed E-state index contributed by atoms with van der Waals surface area (Å²) in [5, 5.41) is 0. The van der Waals surface area contributed by atoms with Crippen molar-refractivity contribution >= 4 is 32.7 Å². The van der Waals surface area contributed by atoms with Crippen LogP contribution in [0.3, 0.4) is 0 Å². The van der Waals surface area contributed by atoms with Gasteiger partial charge in [-0.2, -0.15) is 0 Å². The predicted molar refractivity (Wildman–Crippen MR) is 77.8 cm³/mol. The summed E-state index contributed by atoms with van der Waals surface area (Å²) in [5.74, 6) is 0.855. The van der Waals surface area contributed by atoms with Gasteiger partial charge < -0.3 is 4.90 Å². The number of fused-ring (bicyclic) bond motifs is 1. The molecule has 0 radical (unpaired) electrons. The minimum absolute atomic E-state index is 0.855. The van der Waals surface area contributed by atoms with Crippen molar-refractivity contribution in [2.45, 2.75) is 19.3 Å². The van der Waals surface area contributed by atoms with Crippen molar-refractivity contribution in [3.05, 3.63) is 29.0 Å². The quantitative estimate of drug-likeness (QED) is 0.867. The van der Waals surface area contributed by atoms with Crippen LogP contribution < -0.4 is 4.90 Å². The summed E-state index contributed by atoms with van der Waals surface area (Å²) >= 11 is 3.44. The summed E-state index contributed by atoms with van der Waals surface area (Å²) < 4.78 is 0.973. The zero-order chi connectivity index (χ0) is 12.5. The third kappa shape index (κ3) is 2.21. The summed E-state index contributed by atoms with van der Waals surface area (Å²) in [6, 6.07) is 4.07. The van der Waals surface area contributed by atoms with E-state index in [9.17, 15) is 0 Å². The molecule has 0 amide bonds. The van der Waals surface area contributed by atoms with Crippen LogP contribution in [0.5, 0.6) is 0 Å². The third-order valence-electron chi connectivity index (χ3n) is 3.69. The molecule has 0 unspecified atom stereocenters. The second-order valence-corrected chi connectivity index (χ2v) is 5.94. The van der Waals surface area contributed by atoms with Gasteiger partial charge in [0.1, 0.15) is 5.52 Å². The Kier molecular flexibility index (Phi) is 3.20. The lowest BCUT2D eigenvalue weighted by Gasteiger charge is -2.31. The highest BCUT2D eigenvalue weighted by Gasteiger charge is 2.20. The van der Waals surface area contributed by atoms with Crippen molar-refractivity contribution in [3.8, 4) is 0 Å². The zero-order valence-electron chi connectivity index (χ0n) is 10.4. The molecule has 0 aliphatic heterocycles. The van der Waals surface area contributed by atoms with Crippen LogP contribution in [0.15, 0.2) is 29.0 Å². The maximum Gasteiger partial charge on any atom is 0.112 e. The first-order valence-corrected chi connectivity index (χ1v) is 7.15. The molecule has 3 rings (SSSR count). The summed E-state index contributed by atoms with van der Waals surface area (Å²) in [7, 11) is 2.15. The van der Waals surface area contributed by atoms with Crippen molar-refractivity contribution < 1.29 is 0 Å². The second kappa shape index (κ2) is 4.84. The van der Waals surface area contributed by atoms with Crippen molar-refractivity contribution in [2.24, 2.45) is 5.92 Å². The van der Waals surface area contributed by atoms with Crippen LogP contribution >= 0.6 is 15.9 Å². The molecule has 1 aliphatic carbocycles. The topological polar surface area (TPSA) is 29.0 Å². The highest BCUT2D eigenvalue weighted by molar-refractivity contribution is 9.10. The summed E-state index contributed by atoms with van der Waals surface area (Å²) in [5.41, 5.74) is 3.12. The van der Waals surface area contributed by atoms with Gasteiger partial charge in [-0.15, -0.1) is 0 Å². The fourth-order valence-electron chi connectivity index (χ4n) is 2.46. The summed E-state index contributed by atoms with van der Waals surface area (Å²) in [6.45, 7) is 1.12. The van der Waals surface area contributed by atoms with Gasteiger partial charge in [0.05, 0.1) is 11.2 Å². The standard InChI is InChI=1S/C14H16BrN3/c1-18(9-10-3-2-4-10)13-5-6-16-12-7-11(15)8-17-14(12)13/h5-8,10H,2-4,9H2,1H3. The van der Waals surface area contributed by atoms with Gasteiger partial charge in [0.2, 0.25) is 0 Å². The molecule has 3 nitrogen and oxygen atoms in total. The zero-order valence-corrected chi connectivity index (χ0v) is 12.0. The van der Waals surface area contributed by atoms with Gasteiger partial charge >= 0.3 is 0 Å². The highest BCUT2D eigenvalue weighted by atomic mass is 79.9. The Hall–Kier alpha value is -1.16. The average molecular weight is 306 g/mol. The molecule has 0 bridgehead atoms. The van der Waals surface area contributed by atoms with E-state index in [4.69, 9.17) is 0 Å². The minimum Gasteiger partial charge on any atom is -0.372 e. The number of aromatic nitrogens is 2. The van der Waals surface area contributed by atoms with Crippen LogP contribution in [0.1, 0.15) is 19.3 Å². The smallest absolute Gasteiger partial charge is 0.112 e. The Morgan fingerprint density at radius 1 is 1.39 bits per heavy atom. The molecule has 1 aliphatic rings. The van der Waals surface area contributed by atoms with Crippen LogP contribution in [0.25, 0.3) is 11.0 Å². The second-order valence-electron chi connectivity index (χ2n) is 5.03. The van der Waals surface area contributed by atoms with Crippen molar-refractivity contribution in [1.29, 1.82) is 0 Å². The molecule has 2 heterocycles. The number of rotatable bonds is 3. The van der Waals surface area contributed by atoms with Gasteiger partial charge in [0, 0.05) is 30.5 Å². The maximum atomic E-state index is 4.50. The van der Waals surface area contributed by atoms with E-state index in [1.165, 1.54) is 24.9 Å². The van der Waals surface area contributed by atoms with Crippen LogP contribution in [0, 0.1) is 5.92 Å². The molecule has 2 aromatic rings. The van der Waals surface area contributed by atoms with E-state index >= 15 is 0 Å². The van der Waals surface area contributed by atoms with E-state index in [2.05, 4.69) is 43.9 Å². The number of hydrogen-bond acceptors (Lipinski definition) is 3. The van der Waals surface area contributed by atoms with Crippen molar-refractivity contribution in [3.63, 3.8) is 0 Å². The number of hydrogen-bond donors (Lipinski definition) is 0. The molecule has 4 heteroatoms. The van der Waals surface area contributed by atoms with Gasteiger partial charge in [0.25, 0.3) is 0 Å². The number of halogens is 1. The third-order valence-corrected chi connectivity index (χ3v) is 4.12. The maximum absolute atomic E-state index is 4.50. The van der Waals surface area contributed by atoms with E-state index in [0.717, 1.165) is 28.0 Å². The Morgan fingerprint density at radius 2 is 2.22 bits per heavy atom. The Morgan fingerprint density at radius 3 is 2.94 bits per heavy atom. The van der Waals surface area contributed by atoms with E-state index in [0.29, 0.717) is 0 Å². The van der Waals surface area contributed by atoms with Gasteiger partial charge in [-0.05, 0) is 46.8 Å². The van der Waals surface area contributed by atoms with Crippen molar-refractivity contribution in [1.82, 2.24) is 9.97 Å². The van der Waals surface area contributed by atoms with E-state index in [-0.39, 0.29) is 0 Å². The van der Waals surface area contributed by atoms with Gasteiger partial charge in [-0.25, -0.2) is 0 Å². The fraction of sp³-hybridized carbons (Fsp3) is 0.429. The molecule has 1 saturated carbocycles. The molecular weight excluding hydrogens is 290 g/mol. The van der Waals surface area contributed by atoms with Gasteiger partial charge in [0.15, 0.2) is 0 Å². The van der Waals surface area contributed by atoms with Crippen LogP contribution in [0.4, 0.5) is 5.69 Å². The molecule has 1 fully saturated rings. The molecule has 0 spiro atoms. The van der Waals surface area contributed by atoms with E-state index < -0.39 is 0 Å². The Labute approximate surface area is 115 Å². The van der Waals surface area contributed by atoms with E-state index in [1.54, 1.807) is 0 Å². The van der Waals surface area contributed by atoms with Crippen LogP contribution in [0.2, 0.25) is 0 Å². The monoisotopic (exact) mass is 305 g/mol. The normalized spacial score (nSPS) is 15.7. The first-order valence-electron chi connectivity index (χ1n) is 6.35. The number of nitrogens with zero attached hydrogens (tertiary/aromatic N) is 3. The Balaban J connectivity index is 1.94. The molecule has 18 heavy (non-hydrogen) atoms. The summed E-state index contributed by atoms with van der Waals surface area (Å²) in [6.07, 6.45) is 7.83.